The van der Waals surface area contributed by atoms with Gasteiger partial charge < -0.3 is 15.2 Å². The molecule has 1 aromatic carbocycles. The van der Waals surface area contributed by atoms with Crippen molar-refractivity contribution >= 4 is 22.5 Å². The molecule has 0 aliphatic heterocycles. The van der Waals surface area contributed by atoms with Crippen molar-refractivity contribution in [1.82, 2.24) is 15.3 Å². The van der Waals surface area contributed by atoms with Crippen molar-refractivity contribution < 1.29 is 19.6 Å². The molecule has 0 fully saturated rings. The number of ether oxygens (including phenoxy) is 1. The Balaban J connectivity index is 2.16. The third-order valence-electron chi connectivity index (χ3n) is 4.75. The summed E-state index contributed by atoms with van der Waals surface area (Å²) in [6.07, 6.45) is 4.78. The maximum Gasteiger partial charge on any atom is 0.279 e. The highest BCUT2D eigenvalue weighted by Crippen LogP contribution is 2.39. The number of phenols is 1. The number of carbonyl (C=O) groups is 1. The second kappa shape index (κ2) is 9.17. The molecule has 1 unspecified atom stereocenters. The van der Waals surface area contributed by atoms with Crippen LogP contribution >= 0.6 is 0 Å². The number of pyridine rings is 2. The number of unbranched alkanes of at least 4 members (excludes halogenated alkanes) is 1. The predicted molar refractivity (Wildman–Crippen MR) is 110 cm³/mol. The van der Waals surface area contributed by atoms with E-state index in [9.17, 15) is 20.0 Å². The van der Waals surface area contributed by atoms with E-state index in [2.05, 4.69) is 15.3 Å². The van der Waals surface area contributed by atoms with Crippen LogP contribution in [0.3, 0.4) is 0 Å². The van der Waals surface area contributed by atoms with Gasteiger partial charge in [0, 0.05) is 36.5 Å². The minimum atomic E-state index is -0.849. The van der Waals surface area contributed by atoms with E-state index in [-0.39, 0.29) is 33.8 Å². The van der Waals surface area contributed by atoms with E-state index in [0.717, 1.165) is 6.42 Å². The van der Waals surface area contributed by atoms with Crippen LogP contribution in [0.15, 0.2) is 42.7 Å². The van der Waals surface area contributed by atoms with Gasteiger partial charge in [-0.05, 0) is 30.2 Å². The summed E-state index contributed by atoms with van der Waals surface area (Å²) in [6, 6.07) is 6.81. The highest BCUT2D eigenvalue weighted by atomic mass is 16.6. The van der Waals surface area contributed by atoms with Crippen LogP contribution in [-0.2, 0) is 4.79 Å². The molecule has 3 rings (SSSR count). The number of methoxy groups -OCH3 is 1. The lowest BCUT2D eigenvalue weighted by Crippen LogP contribution is -2.29. The van der Waals surface area contributed by atoms with Gasteiger partial charge in [0.2, 0.25) is 11.8 Å². The number of nitrogens with zero attached hydrogens (tertiary/aromatic N) is 3. The van der Waals surface area contributed by atoms with E-state index in [0.29, 0.717) is 24.3 Å². The third-order valence-corrected chi connectivity index (χ3v) is 4.75. The largest absolute Gasteiger partial charge is 0.505 e. The number of nitro groups is 1. The number of nitro benzene ring substituents is 1. The second-order valence-electron chi connectivity index (χ2n) is 6.73. The topological polar surface area (TPSA) is 127 Å². The minimum absolute atomic E-state index is 0.0935. The van der Waals surface area contributed by atoms with Gasteiger partial charge in [0.05, 0.1) is 23.5 Å². The van der Waals surface area contributed by atoms with Gasteiger partial charge in [-0.3, -0.25) is 19.9 Å². The zero-order valence-corrected chi connectivity index (χ0v) is 16.7. The highest BCUT2D eigenvalue weighted by molar-refractivity contribution is 5.94. The molecule has 0 spiro atoms. The molecule has 0 aliphatic rings. The fourth-order valence-corrected chi connectivity index (χ4v) is 3.20. The number of fused-ring (bicyclic) bond motifs is 1. The molecular formula is C21H22N4O5. The first-order valence-electron chi connectivity index (χ1n) is 9.50. The number of aromatic nitrogens is 2. The molecule has 9 nitrogen and oxygen atoms in total. The van der Waals surface area contributed by atoms with Gasteiger partial charge in [-0.25, -0.2) is 4.98 Å². The van der Waals surface area contributed by atoms with E-state index >= 15 is 0 Å². The monoisotopic (exact) mass is 410 g/mol. The van der Waals surface area contributed by atoms with Gasteiger partial charge in [-0.2, -0.15) is 0 Å². The smallest absolute Gasteiger partial charge is 0.279 e. The van der Waals surface area contributed by atoms with Crippen LogP contribution in [-0.4, -0.2) is 33.0 Å². The number of carbonyl (C=O) groups excluding carboxylic acids is 1. The molecule has 1 amide bonds. The first-order valence-corrected chi connectivity index (χ1v) is 9.50. The average molecular weight is 410 g/mol. The van der Waals surface area contributed by atoms with E-state index < -0.39 is 11.0 Å². The molecule has 30 heavy (non-hydrogen) atoms. The van der Waals surface area contributed by atoms with Gasteiger partial charge in [-0.1, -0.05) is 13.3 Å². The molecule has 0 radical (unpaired) electrons. The van der Waals surface area contributed by atoms with Gasteiger partial charge in [-0.15, -0.1) is 0 Å². The van der Waals surface area contributed by atoms with Gasteiger partial charge in [0.15, 0.2) is 0 Å². The molecular weight excluding hydrogens is 388 g/mol. The summed E-state index contributed by atoms with van der Waals surface area (Å²) in [5.41, 5.74) is 0.599. The summed E-state index contributed by atoms with van der Waals surface area (Å²) in [7, 11) is 1.48. The lowest BCUT2D eigenvalue weighted by Gasteiger charge is -2.21. The Labute approximate surface area is 172 Å². The molecule has 9 heteroatoms. The summed E-state index contributed by atoms with van der Waals surface area (Å²) in [5, 5.41) is 25.6. The summed E-state index contributed by atoms with van der Waals surface area (Å²) < 4.78 is 5.07. The predicted octanol–water partition coefficient (Wildman–Crippen LogP) is 3.65. The molecule has 1 atom stereocenters. The van der Waals surface area contributed by atoms with Crippen molar-refractivity contribution in [3.63, 3.8) is 0 Å². The number of hydrogen-bond acceptors (Lipinski definition) is 7. The van der Waals surface area contributed by atoms with Crippen LogP contribution in [0, 0.1) is 10.1 Å². The number of non-ortho nitro benzene ring substituents is 1. The fraction of sp³-hybridized carbons (Fsp3) is 0.286. The number of nitrogens with one attached hydrogen (secondary N) is 1. The maximum atomic E-state index is 12.5. The summed E-state index contributed by atoms with van der Waals surface area (Å²) in [5.74, 6) is -0.0844. The van der Waals surface area contributed by atoms with Crippen LogP contribution in [0.1, 0.15) is 43.4 Å². The molecule has 0 bridgehead atoms. The minimum Gasteiger partial charge on any atom is -0.505 e. The third kappa shape index (κ3) is 4.29. The lowest BCUT2D eigenvalue weighted by molar-refractivity contribution is -0.383. The molecule has 2 heterocycles. The Morgan fingerprint density at radius 1 is 1.33 bits per heavy atom. The molecule has 3 aromatic rings. The number of amides is 1. The Bertz CT molecular complexity index is 1070. The molecule has 2 aromatic heterocycles. The molecule has 156 valence electrons. The first kappa shape index (κ1) is 21.0. The van der Waals surface area contributed by atoms with Crippen LogP contribution in [0.2, 0.25) is 0 Å². The van der Waals surface area contributed by atoms with E-state index in [1.54, 1.807) is 18.2 Å². The average Bonchev–Trinajstić information content (AvgIpc) is 2.76. The maximum absolute atomic E-state index is 12.5. The van der Waals surface area contributed by atoms with Gasteiger partial charge in [0.1, 0.15) is 11.3 Å². The number of benzene rings is 1. The van der Waals surface area contributed by atoms with Crippen LogP contribution in [0.25, 0.3) is 10.9 Å². The van der Waals surface area contributed by atoms with E-state index in [4.69, 9.17) is 4.74 Å². The Kier molecular flexibility index (Phi) is 6.41. The van der Waals surface area contributed by atoms with E-state index in [1.165, 1.54) is 31.6 Å². The Morgan fingerprint density at radius 3 is 2.77 bits per heavy atom. The second-order valence-corrected chi connectivity index (χ2v) is 6.73. The SMILES string of the molecule is CCCCC(=O)NC(c1ccc(OC)nc1)c1cc([N+](=O)[O-])c2cccnc2c1O. The summed E-state index contributed by atoms with van der Waals surface area (Å²) in [4.78, 5) is 31.9. The number of rotatable bonds is 8. The summed E-state index contributed by atoms with van der Waals surface area (Å²) in [6.45, 7) is 1.97. The van der Waals surface area contributed by atoms with Crippen molar-refractivity contribution in [2.24, 2.45) is 0 Å². The zero-order chi connectivity index (χ0) is 21.7. The Hall–Kier alpha value is -3.75. The van der Waals surface area contributed by atoms with Crippen molar-refractivity contribution in [3.05, 3.63) is 64.0 Å². The van der Waals surface area contributed by atoms with Crippen molar-refractivity contribution in [2.75, 3.05) is 7.11 Å². The number of hydrogen-bond donors (Lipinski definition) is 2. The molecule has 0 saturated heterocycles. The van der Waals surface area contributed by atoms with Crippen LogP contribution in [0.4, 0.5) is 5.69 Å². The standard InChI is InChI=1S/C21H22N4O5/c1-3-4-7-17(26)24-19(13-8-9-18(30-2)23-12-13)15-11-16(25(28)29)14-6-5-10-22-20(14)21(15)27/h5-6,8-12,19,27H,3-4,7H2,1-2H3,(H,24,26). The molecule has 0 saturated carbocycles. The summed E-state index contributed by atoms with van der Waals surface area (Å²) >= 11 is 0. The number of aromatic hydroxyl groups is 1. The van der Waals surface area contributed by atoms with Crippen LogP contribution in [0.5, 0.6) is 11.6 Å². The Morgan fingerprint density at radius 2 is 2.13 bits per heavy atom. The van der Waals surface area contributed by atoms with Crippen LogP contribution < -0.4 is 10.1 Å². The van der Waals surface area contributed by atoms with Crippen molar-refractivity contribution in [3.8, 4) is 11.6 Å². The fourth-order valence-electron chi connectivity index (χ4n) is 3.20. The molecule has 0 aliphatic carbocycles. The number of phenolic OH excluding ortho intramolecular Hbond substituents is 1. The van der Waals surface area contributed by atoms with E-state index in [1.807, 2.05) is 6.92 Å². The lowest BCUT2D eigenvalue weighted by atomic mass is 9.96. The van der Waals surface area contributed by atoms with Gasteiger partial charge >= 0.3 is 0 Å². The quantitative estimate of drug-likeness (QED) is 0.428. The molecule has 2 N–H and O–H groups in total. The van der Waals surface area contributed by atoms with Gasteiger partial charge in [0.25, 0.3) is 5.69 Å². The normalized spacial score (nSPS) is 11.8. The zero-order valence-electron chi connectivity index (χ0n) is 16.7. The highest BCUT2D eigenvalue weighted by Gasteiger charge is 2.27. The first-order chi connectivity index (χ1) is 14.5. The van der Waals surface area contributed by atoms with Crippen molar-refractivity contribution in [2.45, 2.75) is 32.2 Å². The van der Waals surface area contributed by atoms with Crippen molar-refractivity contribution in [1.29, 1.82) is 0 Å².